The second kappa shape index (κ2) is 14.8. The van der Waals surface area contributed by atoms with Crippen molar-refractivity contribution in [3.63, 3.8) is 0 Å². The van der Waals surface area contributed by atoms with Crippen molar-refractivity contribution in [3.05, 3.63) is 17.6 Å². The molecule has 2 N–H and O–H groups in total. The highest BCUT2D eigenvalue weighted by atomic mass is 16.4. The van der Waals surface area contributed by atoms with Gasteiger partial charge in [0, 0.05) is 5.18 Å². The van der Waals surface area contributed by atoms with Gasteiger partial charge >= 0.3 is 12.0 Å². The van der Waals surface area contributed by atoms with E-state index in [1.165, 1.54) is 64.2 Å². The zero-order chi connectivity index (χ0) is 18.2. The summed E-state index contributed by atoms with van der Waals surface area (Å²) >= 11 is 0. The SMILES string of the molecule is C1CCCC1.C=CCCC1CCCC1C.O=NC(=O)NCC(=O)O. The number of carbonyl (C=O) groups excluding carboxylic acids is 1. The Bertz CT molecular complexity index is 374. The molecule has 6 nitrogen and oxygen atoms in total. The van der Waals surface area contributed by atoms with Crippen molar-refractivity contribution in [1.29, 1.82) is 0 Å². The maximum absolute atomic E-state index is 9.86. The minimum Gasteiger partial charge on any atom is -0.480 e. The Hall–Kier alpha value is -1.72. The van der Waals surface area contributed by atoms with Crippen molar-refractivity contribution in [2.24, 2.45) is 17.0 Å². The Morgan fingerprint density at radius 2 is 1.75 bits per heavy atom. The van der Waals surface area contributed by atoms with E-state index in [2.05, 4.69) is 13.5 Å². The molecule has 0 aromatic heterocycles. The van der Waals surface area contributed by atoms with Gasteiger partial charge in [0.2, 0.25) is 0 Å². The summed E-state index contributed by atoms with van der Waals surface area (Å²) in [5, 5.41) is 11.5. The number of amides is 2. The van der Waals surface area contributed by atoms with E-state index in [1.54, 1.807) is 5.32 Å². The molecule has 2 rings (SSSR count). The zero-order valence-corrected chi connectivity index (χ0v) is 14.8. The highest BCUT2D eigenvalue weighted by molar-refractivity contribution is 5.80. The number of rotatable bonds is 5. The molecule has 0 radical (unpaired) electrons. The fourth-order valence-electron chi connectivity index (χ4n) is 3.05. The number of hydrogen-bond donors (Lipinski definition) is 2. The Morgan fingerprint density at radius 1 is 1.17 bits per heavy atom. The lowest BCUT2D eigenvalue weighted by atomic mass is 9.93. The summed E-state index contributed by atoms with van der Waals surface area (Å²) in [6.45, 7) is 5.56. The number of carbonyl (C=O) groups is 2. The van der Waals surface area contributed by atoms with Crippen LogP contribution in [0.5, 0.6) is 0 Å². The predicted octanol–water partition coefficient (Wildman–Crippen LogP) is 4.89. The second-order valence-electron chi connectivity index (χ2n) is 6.45. The fraction of sp³-hybridized carbons (Fsp3) is 0.778. The number of allylic oxidation sites excluding steroid dienone is 1. The van der Waals surface area contributed by atoms with Gasteiger partial charge in [0.05, 0.1) is 0 Å². The molecule has 0 aromatic rings. The smallest absolute Gasteiger partial charge is 0.379 e. The number of nitrogens with one attached hydrogen (secondary N) is 1. The molecule has 24 heavy (non-hydrogen) atoms. The zero-order valence-electron chi connectivity index (χ0n) is 14.8. The number of hydrogen-bond acceptors (Lipinski definition) is 3. The van der Waals surface area contributed by atoms with Gasteiger partial charge in [-0.05, 0) is 24.7 Å². The highest BCUT2D eigenvalue weighted by Gasteiger charge is 2.21. The minimum absolute atomic E-state index is 0.579. The number of carboxylic acids is 1. The molecule has 2 aliphatic carbocycles. The molecule has 2 fully saturated rings. The van der Waals surface area contributed by atoms with Gasteiger partial charge in [-0.15, -0.1) is 11.5 Å². The summed E-state index contributed by atoms with van der Waals surface area (Å²) in [5.74, 6) is 0.782. The lowest BCUT2D eigenvalue weighted by Crippen LogP contribution is -2.26. The molecule has 0 bridgehead atoms. The van der Waals surface area contributed by atoms with Crippen LogP contribution in [-0.2, 0) is 4.79 Å². The molecule has 6 heteroatoms. The van der Waals surface area contributed by atoms with Gasteiger partial charge in [-0.25, -0.2) is 4.79 Å². The van der Waals surface area contributed by atoms with Gasteiger partial charge in [0.15, 0.2) is 0 Å². The van der Waals surface area contributed by atoms with E-state index in [-0.39, 0.29) is 0 Å². The average Bonchev–Trinajstić information content (AvgIpc) is 3.26. The molecular weight excluding hydrogens is 308 g/mol. The number of urea groups is 1. The van der Waals surface area contributed by atoms with Crippen LogP contribution in [0.3, 0.4) is 0 Å². The molecule has 0 saturated heterocycles. The molecule has 0 aromatic carbocycles. The summed E-state index contributed by atoms with van der Waals surface area (Å²) < 4.78 is 0. The van der Waals surface area contributed by atoms with Crippen molar-refractivity contribution in [2.45, 2.75) is 71.1 Å². The van der Waals surface area contributed by atoms with Gasteiger partial charge in [0.25, 0.3) is 0 Å². The Labute approximate surface area is 145 Å². The monoisotopic (exact) mass is 340 g/mol. The Kier molecular flexibility index (Phi) is 13.8. The van der Waals surface area contributed by atoms with Gasteiger partial charge in [-0.3, -0.25) is 4.79 Å². The van der Waals surface area contributed by atoms with Crippen molar-refractivity contribution in [3.8, 4) is 0 Å². The summed E-state index contributed by atoms with van der Waals surface area (Å²) in [7, 11) is 0. The average molecular weight is 340 g/mol. The molecule has 0 heterocycles. The molecule has 138 valence electrons. The standard InChI is InChI=1S/C10H18.C5H10.C3H4N2O4/c1-3-4-7-10-8-5-6-9(10)2;1-2-4-5-3-1;6-2(7)1-4-3(8)5-9/h3,9-10H,1,4-8H2,2H3;1-5H2;1H2,(H,4,8)(H,6,7). The first-order chi connectivity index (χ1) is 11.5. The van der Waals surface area contributed by atoms with Gasteiger partial charge < -0.3 is 10.4 Å². The molecular formula is C18H32N2O4. The number of nitrogens with zero attached hydrogens (tertiary/aromatic N) is 1. The number of nitroso groups, excluding NO2 is 1. The molecule has 2 atom stereocenters. The predicted molar refractivity (Wildman–Crippen MR) is 95.9 cm³/mol. The van der Waals surface area contributed by atoms with Crippen LogP contribution in [0.2, 0.25) is 0 Å². The quantitative estimate of drug-likeness (QED) is 0.550. The first-order valence-electron chi connectivity index (χ1n) is 8.95. The molecule has 2 saturated carbocycles. The third kappa shape index (κ3) is 12.8. The Morgan fingerprint density at radius 3 is 2.12 bits per heavy atom. The largest absolute Gasteiger partial charge is 0.480 e. The summed E-state index contributed by atoms with van der Waals surface area (Å²) in [4.78, 5) is 28.8. The minimum atomic E-state index is -1.22. The van der Waals surface area contributed by atoms with Crippen molar-refractivity contribution in [2.75, 3.05) is 6.54 Å². The lowest BCUT2D eigenvalue weighted by molar-refractivity contribution is -0.135. The lowest BCUT2D eigenvalue weighted by Gasteiger charge is -2.12. The Balaban J connectivity index is 0.000000347. The van der Waals surface area contributed by atoms with Crippen LogP contribution in [0.25, 0.3) is 0 Å². The molecule has 0 spiro atoms. The first kappa shape index (κ1) is 22.3. The van der Waals surface area contributed by atoms with Crippen LogP contribution in [0.4, 0.5) is 4.79 Å². The van der Waals surface area contributed by atoms with Gasteiger partial charge in [0.1, 0.15) is 6.54 Å². The van der Waals surface area contributed by atoms with Crippen LogP contribution in [0.1, 0.15) is 71.1 Å². The van der Waals surface area contributed by atoms with E-state index in [0.717, 1.165) is 11.8 Å². The van der Waals surface area contributed by atoms with E-state index >= 15 is 0 Å². The number of carboxylic acid groups (broad SMARTS) is 1. The summed E-state index contributed by atoms with van der Waals surface area (Å²) in [5.41, 5.74) is 0. The van der Waals surface area contributed by atoms with Crippen molar-refractivity contribution in [1.82, 2.24) is 5.32 Å². The summed E-state index contributed by atoms with van der Waals surface area (Å²) in [6.07, 6.45) is 16.5. The fourth-order valence-corrected chi connectivity index (χ4v) is 3.05. The van der Waals surface area contributed by atoms with E-state index < -0.39 is 18.5 Å². The van der Waals surface area contributed by atoms with Gasteiger partial charge in [-0.2, -0.15) is 0 Å². The van der Waals surface area contributed by atoms with Crippen LogP contribution >= 0.6 is 0 Å². The van der Waals surface area contributed by atoms with Crippen molar-refractivity contribution < 1.29 is 14.7 Å². The van der Waals surface area contributed by atoms with E-state index in [0.29, 0.717) is 0 Å². The van der Waals surface area contributed by atoms with Crippen LogP contribution < -0.4 is 5.32 Å². The molecule has 2 aliphatic rings. The third-order valence-corrected chi connectivity index (χ3v) is 4.50. The van der Waals surface area contributed by atoms with Crippen LogP contribution in [0, 0.1) is 16.7 Å². The van der Waals surface area contributed by atoms with Gasteiger partial charge in [-0.1, -0.05) is 64.4 Å². The molecule has 2 unspecified atom stereocenters. The normalized spacial score (nSPS) is 21.5. The highest BCUT2D eigenvalue weighted by Crippen LogP contribution is 2.34. The van der Waals surface area contributed by atoms with Crippen LogP contribution in [0.15, 0.2) is 17.8 Å². The third-order valence-electron chi connectivity index (χ3n) is 4.50. The second-order valence-corrected chi connectivity index (χ2v) is 6.45. The topological polar surface area (TPSA) is 95.8 Å². The van der Waals surface area contributed by atoms with Crippen LogP contribution in [-0.4, -0.2) is 23.7 Å². The van der Waals surface area contributed by atoms with E-state index in [9.17, 15) is 14.5 Å². The first-order valence-corrected chi connectivity index (χ1v) is 8.95. The number of aliphatic carboxylic acids is 1. The van der Waals surface area contributed by atoms with E-state index in [1.807, 2.05) is 11.3 Å². The van der Waals surface area contributed by atoms with E-state index in [4.69, 9.17) is 5.11 Å². The maximum atomic E-state index is 9.86. The molecule has 0 aliphatic heterocycles. The van der Waals surface area contributed by atoms with Crippen molar-refractivity contribution >= 4 is 12.0 Å². The molecule has 2 amide bonds. The maximum Gasteiger partial charge on any atom is 0.379 e. The summed E-state index contributed by atoms with van der Waals surface area (Å²) in [6, 6.07) is -1.17.